The van der Waals surface area contributed by atoms with Crippen LogP contribution in [0.3, 0.4) is 0 Å². The molecule has 0 aliphatic carbocycles. The summed E-state index contributed by atoms with van der Waals surface area (Å²) < 4.78 is 11.6. The smallest absolute Gasteiger partial charge is 0.324 e. The van der Waals surface area contributed by atoms with E-state index in [1.54, 1.807) is 12.1 Å². The zero-order chi connectivity index (χ0) is 9.19. The molecular weight excluding hydrogens is 290 g/mol. The molecule has 0 atom stereocenters. The summed E-state index contributed by atoms with van der Waals surface area (Å²) in [6.45, 7) is 0. The molecule has 0 radical (unpaired) electrons. The van der Waals surface area contributed by atoms with Gasteiger partial charge in [0.25, 0.3) is 0 Å². The third-order valence-corrected chi connectivity index (χ3v) is 2.80. The van der Waals surface area contributed by atoms with Crippen LogP contribution in [0.4, 0.5) is 0 Å². The van der Waals surface area contributed by atoms with Crippen molar-refractivity contribution in [3.63, 3.8) is 0 Å². The van der Waals surface area contributed by atoms with Gasteiger partial charge in [0.05, 0.1) is 6.16 Å². The molecule has 0 bridgehead atoms. The van der Waals surface area contributed by atoms with Gasteiger partial charge in [-0.05, 0) is 40.3 Å². The molecule has 3 nitrogen and oxygen atoms in total. The number of halogens is 1. The standard InChI is InChI=1S/C7H8IO3P/c8-7-3-1-6(2-4-7)5-12(9,10)11/h1-4H,5H2,(H2,9,10,11). The highest BCUT2D eigenvalue weighted by atomic mass is 127. The Morgan fingerprint density at radius 2 is 1.75 bits per heavy atom. The molecule has 66 valence electrons. The van der Waals surface area contributed by atoms with Crippen LogP contribution in [0, 0.1) is 3.57 Å². The van der Waals surface area contributed by atoms with E-state index in [0.29, 0.717) is 5.56 Å². The third-order valence-electron chi connectivity index (χ3n) is 1.30. The lowest BCUT2D eigenvalue weighted by Gasteiger charge is -2.02. The van der Waals surface area contributed by atoms with Crippen molar-refractivity contribution in [2.75, 3.05) is 0 Å². The van der Waals surface area contributed by atoms with Gasteiger partial charge in [0.15, 0.2) is 0 Å². The maximum absolute atomic E-state index is 10.6. The van der Waals surface area contributed by atoms with E-state index in [1.165, 1.54) is 0 Å². The largest absolute Gasteiger partial charge is 0.329 e. The molecule has 0 fully saturated rings. The fraction of sp³-hybridized carbons (Fsp3) is 0.143. The second kappa shape index (κ2) is 3.87. The molecule has 0 aliphatic rings. The van der Waals surface area contributed by atoms with E-state index < -0.39 is 7.60 Å². The van der Waals surface area contributed by atoms with Gasteiger partial charge in [0, 0.05) is 3.57 Å². The Kier molecular flexibility index (Phi) is 3.29. The summed E-state index contributed by atoms with van der Waals surface area (Å²) in [7, 11) is -3.91. The van der Waals surface area contributed by atoms with Crippen molar-refractivity contribution in [3.8, 4) is 0 Å². The van der Waals surface area contributed by atoms with Gasteiger partial charge >= 0.3 is 7.60 Å². The molecule has 0 saturated heterocycles. The monoisotopic (exact) mass is 298 g/mol. The van der Waals surface area contributed by atoms with Gasteiger partial charge in [-0.3, -0.25) is 4.57 Å². The van der Waals surface area contributed by atoms with E-state index in [9.17, 15) is 4.57 Å². The lowest BCUT2D eigenvalue weighted by atomic mass is 10.2. The molecule has 0 saturated carbocycles. The molecule has 0 amide bonds. The Balaban J connectivity index is 2.78. The molecule has 12 heavy (non-hydrogen) atoms. The molecular formula is C7H8IO3P. The number of rotatable bonds is 2. The summed E-state index contributed by atoms with van der Waals surface area (Å²) >= 11 is 2.14. The van der Waals surface area contributed by atoms with Gasteiger partial charge in [-0.15, -0.1) is 0 Å². The van der Waals surface area contributed by atoms with Crippen molar-refractivity contribution < 1.29 is 14.4 Å². The van der Waals surface area contributed by atoms with Crippen molar-refractivity contribution in [1.82, 2.24) is 0 Å². The van der Waals surface area contributed by atoms with Gasteiger partial charge in [0.2, 0.25) is 0 Å². The molecule has 1 aromatic rings. The summed E-state index contributed by atoms with van der Waals surface area (Å²) in [6, 6.07) is 7.10. The Morgan fingerprint density at radius 1 is 1.25 bits per heavy atom. The Labute approximate surface area is 84.1 Å². The lowest BCUT2D eigenvalue weighted by Crippen LogP contribution is -1.86. The highest BCUT2D eigenvalue weighted by Gasteiger charge is 2.12. The van der Waals surface area contributed by atoms with Gasteiger partial charge in [0.1, 0.15) is 0 Å². The summed E-state index contributed by atoms with van der Waals surface area (Å²) in [5.41, 5.74) is 0.670. The van der Waals surface area contributed by atoms with Crippen LogP contribution in [0.2, 0.25) is 0 Å². The zero-order valence-electron chi connectivity index (χ0n) is 6.14. The van der Waals surface area contributed by atoms with Crippen LogP contribution in [0.25, 0.3) is 0 Å². The van der Waals surface area contributed by atoms with E-state index in [1.807, 2.05) is 12.1 Å². The minimum atomic E-state index is -3.91. The van der Waals surface area contributed by atoms with E-state index in [4.69, 9.17) is 9.79 Å². The molecule has 0 unspecified atom stereocenters. The first kappa shape index (κ1) is 10.2. The van der Waals surface area contributed by atoms with Gasteiger partial charge in [-0.2, -0.15) is 0 Å². The minimum absolute atomic E-state index is 0.177. The van der Waals surface area contributed by atoms with Crippen molar-refractivity contribution in [3.05, 3.63) is 33.4 Å². The molecule has 0 heterocycles. The third kappa shape index (κ3) is 3.67. The lowest BCUT2D eigenvalue weighted by molar-refractivity contribution is 0.371. The number of hydrogen-bond acceptors (Lipinski definition) is 1. The molecule has 1 rings (SSSR count). The van der Waals surface area contributed by atoms with E-state index in [2.05, 4.69) is 22.6 Å². The van der Waals surface area contributed by atoms with Crippen LogP contribution in [-0.2, 0) is 10.7 Å². The first-order valence-electron chi connectivity index (χ1n) is 3.26. The van der Waals surface area contributed by atoms with Crippen molar-refractivity contribution >= 4 is 30.2 Å². The molecule has 1 aromatic carbocycles. The minimum Gasteiger partial charge on any atom is -0.324 e. The fourth-order valence-corrected chi connectivity index (χ4v) is 1.87. The SMILES string of the molecule is O=P(O)(O)Cc1ccc(I)cc1. The normalized spacial score (nSPS) is 11.6. The quantitative estimate of drug-likeness (QED) is 0.648. The molecule has 0 aliphatic heterocycles. The topological polar surface area (TPSA) is 57.5 Å². The van der Waals surface area contributed by atoms with Crippen molar-refractivity contribution in [2.45, 2.75) is 6.16 Å². The number of benzene rings is 1. The Hall–Kier alpha value is 0.1000. The summed E-state index contributed by atoms with van der Waals surface area (Å²) in [5, 5.41) is 0. The molecule has 2 N–H and O–H groups in total. The average Bonchev–Trinajstić information content (AvgIpc) is 1.91. The van der Waals surface area contributed by atoms with E-state index in [-0.39, 0.29) is 6.16 Å². The predicted molar refractivity (Wildman–Crippen MR) is 54.9 cm³/mol. The average molecular weight is 298 g/mol. The summed E-state index contributed by atoms with van der Waals surface area (Å²) in [6.07, 6.45) is -0.177. The maximum atomic E-state index is 10.6. The van der Waals surface area contributed by atoms with Gasteiger partial charge < -0.3 is 9.79 Å². The second-order valence-electron chi connectivity index (χ2n) is 2.45. The van der Waals surface area contributed by atoms with Crippen molar-refractivity contribution in [1.29, 1.82) is 0 Å². The van der Waals surface area contributed by atoms with Crippen molar-refractivity contribution in [2.24, 2.45) is 0 Å². The molecule has 0 aromatic heterocycles. The van der Waals surface area contributed by atoms with Gasteiger partial charge in [-0.1, -0.05) is 12.1 Å². The van der Waals surface area contributed by atoms with E-state index in [0.717, 1.165) is 3.57 Å². The van der Waals surface area contributed by atoms with Crippen LogP contribution >= 0.6 is 30.2 Å². The first-order chi connectivity index (χ1) is 5.47. The maximum Gasteiger partial charge on any atom is 0.329 e. The number of hydrogen-bond donors (Lipinski definition) is 2. The fourth-order valence-electron chi connectivity index (χ4n) is 0.828. The highest BCUT2D eigenvalue weighted by Crippen LogP contribution is 2.38. The Morgan fingerprint density at radius 3 is 2.17 bits per heavy atom. The first-order valence-corrected chi connectivity index (χ1v) is 6.14. The van der Waals surface area contributed by atoms with Crippen LogP contribution in [0.5, 0.6) is 0 Å². The summed E-state index contributed by atoms with van der Waals surface area (Å²) in [4.78, 5) is 17.3. The second-order valence-corrected chi connectivity index (χ2v) is 5.34. The van der Waals surface area contributed by atoms with Gasteiger partial charge in [-0.25, -0.2) is 0 Å². The van der Waals surface area contributed by atoms with Crippen LogP contribution in [0.1, 0.15) is 5.56 Å². The predicted octanol–water partition coefficient (Wildman–Crippen LogP) is 1.97. The van der Waals surface area contributed by atoms with Crippen LogP contribution < -0.4 is 0 Å². The zero-order valence-corrected chi connectivity index (χ0v) is 9.20. The van der Waals surface area contributed by atoms with Crippen LogP contribution in [-0.4, -0.2) is 9.79 Å². The Bertz CT molecular complexity index is 303. The molecule has 5 heteroatoms. The highest BCUT2D eigenvalue weighted by molar-refractivity contribution is 14.1. The van der Waals surface area contributed by atoms with Crippen LogP contribution in [0.15, 0.2) is 24.3 Å². The summed E-state index contributed by atoms with van der Waals surface area (Å²) in [5.74, 6) is 0. The van der Waals surface area contributed by atoms with E-state index >= 15 is 0 Å². The molecule has 0 spiro atoms.